The van der Waals surface area contributed by atoms with E-state index < -0.39 is 11.9 Å². The molecule has 0 bridgehead atoms. The van der Waals surface area contributed by atoms with Crippen molar-refractivity contribution in [3.05, 3.63) is 83.6 Å². The maximum Gasteiger partial charge on any atom is 0.435 e. The highest BCUT2D eigenvalue weighted by Crippen LogP contribution is 2.37. The van der Waals surface area contributed by atoms with Gasteiger partial charge in [0.2, 0.25) is 5.95 Å². The summed E-state index contributed by atoms with van der Waals surface area (Å²) >= 11 is 1.13. The highest BCUT2D eigenvalue weighted by molar-refractivity contribution is 7.18. The van der Waals surface area contributed by atoms with Crippen LogP contribution >= 0.6 is 11.3 Å². The molecule has 4 heterocycles. The molecule has 5 aromatic rings. The van der Waals surface area contributed by atoms with Crippen LogP contribution in [0.1, 0.15) is 15.4 Å². The molecule has 1 amide bonds. The Balaban J connectivity index is 1.41. The SMILES string of the molecule is Nc1ccccc1NC(=O)c1ccc(Nc2nccc(-c3c(C(F)(F)F)nc4ccccn34)n2)s1. The van der Waals surface area contributed by atoms with Crippen LogP contribution in [0.5, 0.6) is 0 Å². The highest BCUT2D eigenvalue weighted by atomic mass is 32.1. The first-order valence-electron chi connectivity index (χ1n) is 10.2. The van der Waals surface area contributed by atoms with E-state index in [9.17, 15) is 18.0 Å². The number of rotatable bonds is 5. The zero-order chi connectivity index (χ0) is 24.6. The topological polar surface area (TPSA) is 110 Å². The van der Waals surface area contributed by atoms with E-state index in [4.69, 9.17) is 5.73 Å². The van der Waals surface area contributed by atoms with Gasteiger partial charge in [0, 0.05) is 12.4 Å². The first-order chi connectivity index (χ1) is 16.8. The van der Waals surface area contributed by atoms with E-state index >= 15 is 0 Å². The second-order valence-corrected chi connectivity index (χ2v) is 8.42. The molecule has 4 aromatic heterocycles. The number of para-hydroxylation sites is 2. The number of hydrogen-bond donors (Lipinski definition) is 3. The number of carbonyl (C=O) groups excluding carboxylic acids is 1. The number of alkyl halides is 3. The second kappa shape index (κ2) is 8.72. The molecule has 8 nitrogen and oxygen atoms in total. The van der Waals surface area contributed by atoms with Gasteiger partial charge in [-0.1, -0.05) is 18.2 Å². The number of nitrogens with zero attached hydrogens (tertiary/aromatic N) is 4. The predicted octanol–water partition coefficient (Wildman–Crippen LogP) is 5.45. The third kappa shape index (κ3) is 4.51. The third-order valence-electron chi connectivity index (χ3n) is 4.97. The van der Waals surface area contributed by atoms with Crippen LogP contribution in [0.4, 0.5) is 35.5 Å². The van der Waals surface area contributed by atoms with Crippen LogP contribution < -0.4 is 16.4 Å². The molecule has 0 aliphatic carbocycles. The van der Waals surface area contributed by atoms with Gasteiger partial charge in [-0.15, -0.1) is 11.3 Å². The van der Waals surface area contributed by atoms with E-state index in [-0.39, 0.29) is 28.9 Å². The summed E-state index contributed by atoms with van der Waals surface area (Å²) in [6, 6.07) is 16.2. The van der Waals surface area contributed by atoms with E-state index in [1.54, 1.807) is 48.5 Å². The predicted molar refractivity (Wildman–Crippen MR) is 128 cm³/mol. The molecular weight excluding hydrogens is 479 g/mol. The minimum atomic E-state index is -4.67. The number of nitrogens with one attached hydrogen (secondary N) is 2. The standard InChI is InChI=1S/C23H16F3N7OS/c24-23(25,26)20-19(33-12-4-3-7-17(33)31-20)15-10-11-28-22(30-15)32-18-9-8-16(35-18)21(34)29-14-6-2-1-5-13(14)27/h1-12H,27H2,(H,29,34)(H,28,30,32). The van der Waals surface area contributed by atoms with Gasteiger partial charge in [-0.05, 0) is 42.5 Å². The second-order valence-electron chi connectivity index (χ2n) is 7.33. The summed E-state index contributed by atoms with van der Waals surface area (Å²) in [5, 5.41) is 6.21. The van der Waals surface area contributed by atoms with E-state index in [0.29, 0.717) is 21.3 Å². The van der Waals surface area contributed by atoms with Crippen molar-refractivity contribution in [3.8, 4) is 11.4 Å². The number of carbonyl (C=O) groups is 1. The lowest BCUT2D eigenvalue weighted by molar-refractivity contribution is -0.140. The fourth-order valence-electron chi connectivity index (χ4n) is 3.42. The number of thiophene rings is 1. The summed E-state index contributed by atoms with van der Waals surface area (Å²) in [6.45, 7) is 0. The van der Waals surface area contributed by atoms with Gasteiger partial charge in [-0.2, -0.15) is 13.2 Å². The lowest BCUT2D eigenvalue weighted by atomic mass is 10.2. The van der Waals surface area contributed by atoms with Gasteiger partial charge < -0.3 is 16.4 Å². The summed E-state index contributed by atoms with van der Waals surface area (Å²) in [4.78, 5) is 25.1. The fraction of sp³-hybridized carbons (Fsp3) is 0.0435. The molecule has 0 unspecified atom stereocenters. The van der Waals surface area contributed by atoms with E-state index in [2.05, 4.69) is 25.6 Å². The molecule has 5 rings (SSSR count). The molecule has 0 aliphatic heterocycles. The number of halogens is 3. The molecule has 35 heavy (non-hydrogen) atoms. The summed E-state index contributed by atoms with van der Waals surface area (Å²) in [5.41, 5.74) is 5.76. The van der Waals surface area contributed by atoms with Gasteiger partial charge in [0.25, 0.3) is 5.91 Å². The number of nitrogens with two attached hydrogens (primary N) is 1. The number of amides is 1. The number of aromatic nitrogens is 4. The Morgan fingerprint density at radius 1 is 1.00 bits per heavy atom. The Kier molecular flexibility index (Phi) is 5.57. The molecule has 12 heteroatoms. The van der Waals surface area contributed by atoms with Crippen LogP contribution in [0.2, 0.25) is 0 Å². The summed E-state index contributed by atoms with van der Waals surface area (Å²) in [5.74, 6) is -0.279. The molecule has 0 fully saturated rings. The van der Waals surface area contributed by atoms with Crippen LogP contribution in [0.15, 0.2) is 73.1 Å². The van der Waals surface area contributed by atoms with Gasteiger partial charge >= 0.3 is 6.18 Å². The highest BCUT2D eigenvalue weighted by Gasteiger charge is 2.38. The van der Waals surface area contributed by atoms with Crippen molar-refractivity contribution >= 4 is 45.2 Å². The van der Waals surface area contributed by atoms with Gasteiger partial charge in [0.15, 0.2) is 5.69 Å². The minimum absolute atomic E-state index is 0.0441. The lowest BCUT2D eigenvalue weighted by Gasteiger charge is -2.09. The van der Waals surface area contributed by atoms with Gasteiger partial charge in [0.05, 0.1) is 26.9 Å². The zero-order valence-electron chi connectivity index (χ0n) is 17.7. The van der Waals surface area contributed by atoms with E-state index in [0.717, 1.165) is 11.3 Å². The summed E-state index contributed by atoms with van der Waals surface area (Å²) in [6.07, 6.45) is -1.82. The Morgan fingerprint density at radius 2 is 1.80 bits per heavy atom. The maximum atomic E-state index is 13.7. The molecule has 0 saturated heterocycles. The van der Waals surface area contributed by atoms with Crippen molar-refractivity contribution in [1.29, 1.82) is 0 Å². The quantitative estimate of drug-likeness (QED) is 0.280. The molecule has 0 saturated carbocycles. The summed E-state index contributed by atoms with van der Waals surface area (Å²) in [7, 11) is 0. The smallest absolute Gasteiger partial charge is 0.397 e. The normalized spacial score (nSPS) is 11.5. The average molecular weight is 495 g/mol. The Morgan fingerprint density at radius 3 is 2.60 bits per heavy atom. The molecule has 4 N–H and O–H groups in total. The monoisotopic (exact) mass is 495 g/mol. The molecule has 0 aliphatic rings. The largest absolute Gasteiger partial charge is 0.435 e. The third-order valence-corrected chi connectivity index (χ3v) is 5.97. The maximum absolute atomic E-state index is 13.7. The van der Waals surface area contributed by atoms with Gasteiger partial charge in [-0.25, -0.2) is 15.0 Å². The number of imidazole rings is 1. The molecule has 0 radical (unpaired) electrons. The number of pyridine rings is 1. The van der Waals surface area contributed by atoms with Crippen molar-refractivity contribution in [2.75, 3.05) is 16.4 Å². The van der Waals surface area contributed by atoms with Crippen LogP contribution in [-0.2, 0) is 6.18 Å². The zero-order valence-corrected chi connectivity index (χ0v) is 18.6. The van der Waals surface area contributed by atoms with Crippen molar-refractivity contribution in [2.24, 2.45) is 0 Å². The first kappa shape index (κ1) is 22.3. The van der Waals surface area contributed by atoms with Gasteiger partial charge in [-0.3, -0.25) is 9.20 Å². The Hall–Kier alpha value is -4.45. The number of anilines is 4. The molecular formula is C23H16F3N7OS. The molecule has 176 valence electrons. The number of benzene rings is 1. The number of nitrogen functional groups attached to an aromatic ring is 1. The van der Waals surface area contributed by atoms with Crippen molar-refractivity contribution in [2.45, 2.75) is 6.18 Å². The van der Waals surface area contributed by atoms with Crippen LogP contribution in [0.25, 0.3) is 17.0 Å². The lowest BCUT2D eigenvalue weighted by Crippen LogP contribution is -2.11. The van der Waals surface area contributed by atoms with Crippen LogP contribution in [0, 0.1) is 0 Å². The number of fused-ring (bicyclic) bond motifs is 1. The minimum Gasteiger partial charge on any atom is -0.397 e. The van der Waals surface area contributed by atoms with Crippen molar-refractivity contribution in [3.63, 3.8) is 0 Å². The van der Waals surface area contributed by atoms with Crippen molar-refractivity contribution < 1.29 is 18.0 Å². The Labute approximate surface area is 200 Å². The fourth-order valence-corrected chi connectivity index (χ4v) is 4.22. The van der Waals surface area contributed by atoms with Crippen molar-refractivity contribution in [1.82, 2.24) is 19.4 Å². The Bertz CT molecular complexity index is 1540. The van der Waals surface area contributed by atoms with E-state index in [1.165, 1.54) is 28.9 Å². The summed E-state index contributed by atoms with van der Waals surface area (Å²) < 4.78 is 42.4. The average Bonchev–Trinajstić information content (AvgIpc) is 3.46. The first-order valence-corrected chi connectivity index (χ1v) is 11.0. The number of hydrogen-bond acceptors (Lipinski definition) is 7. The van der Waals surface area contributed by atoms with Crippen LogP contribution in [0.3, 0.4) is 0 Å². The molecule has 0 atom stereocenters. The van der Waals surface area contributed by atoms with Crippen LogP contribution in [-0.4, -0.2) is 25.3 Å². The van der Waals surface area contributed by atoms with E-state index in [1.807, 2.05) is 0 Å². The molecule has 0 spiro atoms. The molecule has 1 aromatic carbocycles. The van der Waals surface area contributed by atoms with Gasteiger partial charge in [0.1, 0.15) is 11.3 Å².